The van der Waals surface area contributed by atoms with Gasteiger partial charge in [0.1, 0.15) is 23.4 Å². The van der Waals surface area contributed by atoms with E-state index in [2.05, 4.69) is 32.0 Å². The molecular formula is C26H28N6O4. The first-order valence-corrected chi connectivity index (χ1v) is 11.3. The Hall–Kier alpha value is -4.65. The summed E-state index contributed by atoms with van der Waals surface area (Å²) in [6.07, 6.45) is 2.69. The second kappa shape index (κ2) is 12.7. The molecule has 0 aliphatic carbocycles. The van der Waals surface area contributed by atoms with Crippen molar-refractivity contribution in [1.29, 1.82) is 5.26 Å². The molecule has 2 aromatic carbocycles. The number of aromatic nitrogens is 2. The standard InChI is InChI=1S/C26H28N6O4/c1-17(33)28-8-4-9-30-26(34)31-21-11-18(12-22(15-21)35-2)13-25-29-10-7-23(32-25)19-5-6-24(36-3)20(14-19)16-27/h5-7,10-12,14-15H,4,8-9,13H2,1-3H3,(H,28,33)(H2,30,31,34). The van der Waals surface area contributed by atoms with Gasteiger partial charge in [0.25, 0.3) is 0 Å². The minimum Gasteiger partial charge on any atom is -0.497 e. The number of hydrogen-bond donors (Lipinski definition) is 3. The molecule has 1 aromatic heterocycles. The molecule has 0 atom stereocenters. The Morgan fingerprint density at radius 1 is 1.03 bits per heavy atom. The third kappa shape index (κ3) is 7.43. The van der Waals surface area contributed by atoms with Crippen molar-refractivity contribution in [2.24, 2.45) is 0 Å². The number of ether oxygens (including phenoxy) is 2. The molecule has 0 bridgehead atoms. The highest BCUT2D eigenvalue weighted by atomic mass is 16.5. The molecule has 3 rings (SSSR count). The molecule has 186 valence electrons. The summed E-state index contributed by atoms with van der Waals surface area (Å²) in [6, 6.07) is 14.3. The van der Waals surface area contributed by atoms with Crippen LogP contribution in [0.25, 0.3) is 11.3 Å². The first-order chi connectivity index (χ1) is 17.4. The molecule has 0 saturated carbocycles. The van der Waals surface area contributed by atoms with Crippen molar-refractivity contribution in [3.05, 3.63) is 65.6 Å². The van der Waals surface area contributed by atoms with Gasteiger partial charge in [-0.15, -0.1) is 0 Å². The third-order valence-corrected chi connectivity index (χ3v) is 5.16. The zero-order chi connectivity index (χ0) is 25.9. The lowest BCUT2D eigenvalue weighted by molar-refractivity contribution is -0.118. The average Bonchev–Trinajstić information content (AvgIpc) is 2.87. The largest absolute Gasteiger partial charge is 0.497 e. The van der Waals surface area contributed by atoms with Gasteiger partial charge in [-0.05, 0) is 48.4 Å². The fraction of sp³-hybridized carbons (Fsp3) is 0.269. The lowest BCUT2D eigenvalue weighted by atomic mass is 10.1. The molecule has 3 N–H and O–H groups in total. The SMILES string of the molecule is COc1cc(Cc2nccc(-c3ccc(OC)c(C#N)c3)n2)cc(NC(=O)NCCCNC(C)=O)c1. The van der Waals surface area contributed by atoms with Gasteiger partial charge in [0.15, 0.2) is 0 Å². The molecule has 0 aliphatic heterocycles. The molecule has 36 heavy (non-hydrogen) atoms. The van der Waals surface area contributed by atoms with Gasteiger partial charge in [0.05, 0.1) is 25.5 Å². The zero-order valence-corrected chi connectivity index (χ0v) is 20.4. The van der Waals surface area contributed by atoms with Crippen LogP contribution >= 0.6 is 0 Å². The van der Waals surface area contributed by atoms with Gasteiger partial charge in [-0.1, -0.05) is 0 Å². The molecular weight excluding hydrogens is 460 g/mol. The maximum atomic E-state index is 12.3. The first kappa shape index (κ1) is 26.0. The lowest BCUT2D eigenvalue weighted by Crippen LogP contribution is -2.32. The zero-order valence-electron chi connectivity index (χ0n) is 20.4. The Morgan fingerprint density at radius 2 is 1.83 bits per heavy atom. The topological polar surface area (TPSA) is 138 Å². The van der Waals surface area contributed by atoms with Crippen molar-refractivity contribution in [2.45, 2.75) is 19.8 Å². The molecule has 0 fully saturated rings. The number of nitriles is 1. The normalized spacial score (nSPS) is 10.2. The molecule has 1 heterocycles. The average molecular weight is 489 g/mol. The Balaban J connectivity index is 1.71. The van der Waals surface area contributed by atoms with E-state index in [4.69, 9.17) is 9.47 Å². The summed E-state index contributed by atoms with van der Waals surface area (Å²) in [5.74, 6) is 1.55. The van der Waals surface area contributed by atoms with E-state index < -0.39 is 0 Å². The number of nitrogens with zero attached hydrogens (tertiary/aromatic N) is 3. The van der Waals surface area contributed by atoms with Gasteiger partial charge in [-0.25, -0.2) is 14.8 Å². The smallest absolute Gasteiger partial charge is 0.319 e. The van der Waals surface area contributed by atoms with E-state index in [0.29, 0.717) is 60.2 Å². The van der Waals surface area contributed by atoms with Gasteiger partial charge < -0.3 is 25.4 Å². The second-order valence-electron chi connectivity index (χ2n) is 7.85. The Kier molecular flexibility index (Phi) is 9.17. The van der Waals surface area contributed by atoms with Crippen LogP contribution in [0.4, 0.5) is 10.5 Å². The third-order valence-electron chi connectivity index (χ3n) is 5.16. The van der Waals surface area contributed by atoms with Crippen molar-refractivity contribution in [2.75, 3.05) is 32.6 Å². The highest BCUT2D eigenvalue weighted by molar-refractivity contribution is 5.89. The first-order valence-electron chi connectivity index (χ1n) is 11.3. The maximum Gasteiger partial charge on any atom is 0.319 e. The van der Waals surface area contributed by atoms with Gasteiger partial charge in [0, 0.05) is 49.9 Å². The summed E-state index contributed by atoms with van der Waals surface area (Å²) in [5.41, 5.74) is 3.29. The monoisotopic (exact) mass is 488 g/mol. The predicted molar refractivity (Wildman–Crippen MR) is 135 cm³/mol. The molecule has 10 heteroatoms. The number of urea groups is 1. The summed E-state index contributed by atoms with van der Waals surface area (Å²) in [7, 11) is 3.08. The van der Waals surface area contributed by atoms with E-state index in [1.165, 1.54) is 14.0 Å². The summed E-state index contributed by atoms with van der Waals surface area (Å²) >= 11 is 0. The van der Waals surface area contributed by atoms with Crippen LogP contribution in [0.15, 0.2) is 48.7 Å². The minimum absolute atomic E-state index is 0.103. The summed E-state index contributed by atoms with van der Waals surface area (Å²) in [6.45, 7) is 2.36. The number of carbonyl (C=O) groups excluding carboxylic acids is 2. The number of rotatable bonds is 10. The number of amides is 3. The maximum absolute atomic E-state index is 12.3. The van der Waals surface area contributed by atoms with Crippen LogP contribution in [0.2, 0.25) is 0 Å². The van der Waals surface area contributed by atoms with Crippen LogP contribution in [0.1, 0.15) is 30.3 Å². The Bertz CT molecular complexity index is 1270. The van der Waals surface area contributed by atoms with E-state index in [1.54, 1.807) is 37.6 Å². The Labute approximate surface area is 209 Å². The van der Waals surface area contributed by atoms with Gasteiger partial charge in [-0.3, -0.25) is 4.79 Å². The summed E-state index contributed by atoms with van der Waals surface area (Å²) in [4.78, 5) is 32.2. The van der Waals surface area contributed by atoms with Crippen LogP contribution in [-0.2, 0) is 11.2 Å². The van der Waals surface area contributed by atoms with Crippen LogP contribution in [-0.4, -0.2) is 49.2 Å². The van der Waals surface area contributed by atoms with Crippen LogP contribution < -0.4 is 25.4 Å². The predicted octanol–water partition coefficient (Wildman–Crippen LogP) is 3.27. The summed E-state index contributed by atoms with van der Waals surface area (Å²) < 4.78 is 10.6. The molecule has 0 spiro atoms. The van der Waals surface area contributed by atoms with Crippen molar-refractivity contribution in [3.63, 3.8) is 0 Å². The van der Waals surface area contributed by atoms with Crippen LogP contribution in [0, 0.1) is 11.3 Å². The van der Waals surface area contributed by atoms with Crippen molar-refractivity contribution in [3.8, 4) is 28.8 Å². The van der Waals surface area contributed by atoms with Crippen LogP contribution in [0.5, 0.6) is 11.5 Å². The molecule has 3 aromatic rings. The number of carbonyl (C=O) groups is 2. The van der Waals surface area contributed by atoms with Crippen LogP contribution in [0.3, 0.4) is 0 Å². The fourth-order valence-corrected chi connectivity index (χ4v) is 3.47. The van der Waals surface area contributed by atoms with Gasteiger partial charge in [0.2, 0.25) is 5.91 Å². The fourth-order valence-electron chi connectivity index (χ4n) is 3.47. The molecule has 0 aliphatic rings. The summed E-state index contributed by atoms with van der Waals surface area (Å²) in [5, 5.41) is 17.6. The highest BCUT2D eigenvalue weighted by Crippen LogP contribution is 2.26. The van der Waals surface area contributed by atoms with E-state index in [0.717, 1.165) is 11.1 Å². The van der Waals surface area contributed by atoms with E-state index in [1.807, 2.05) is 18.2 Å². The van der Waals surface area contributed by atoms with E-state index in [-0.39, 0.29) is 11.9 Å². The quantitative estimate of drug-likeness (QED) is 0.372. The molecule has 3 amide bonds. The van der Waals surface area contributed by atoms with E-state index >= 15 is 0 Å². The number of hydrogen-bond acceptors (Lipinski definition) is 7. The van der Waals surface area contributed by atoms with Crippen molar-refractivity contribution in [1.82, 2.24) is 20.6 Å². The molecule has 0 unspecified atom stereocenters. The number of anilines is 1. The van der Waals surface area contributed by atoms with Gasteiger partial charge in [-0.2, -0.15) is 5.26 Å². The van der Waals surface area contributed by atoms with Crippen molar-refractivity contribution < 1.29 is 19.1 Å². The molecule has 0 saturated heterocycles. The number of methoxy groups -OCH3 is 2. The van der Waals surface area contributed by atoms with Gasteiger partial charge >= 0.3 is 6.03 Å². The second-order valence-corrected chi connectivity index (χ2v) is 7.85. The van der Waals surface area contributed by atoms with E-state index in [9.17, 15) is 14.9 Å². The highest BCUT2D eigenvalue weighted by Gasteiger charge is 2.10. The number of nitrogens with one attached hydrogen (secondary N) is 3. The Morgan fingerprint density at radius 3 is 2.56 bits per heavy atom. The van der Waals surface area contributed by atoms with Crippen molar-refractivity contribution >= 4 is 17.6 Å². The lowest BCUT2D eigenvalue weighted by Gasteiger charge is -2.12. The minimum atomic E-state index is -0.358. The molecule has 0 radical (unpaired) electrons. The number of benzene rings is 2. The molecule has 10 nitrogen and oxygen atoms in total.